The minimum absolute atomic E-state index is 0.0106. The van der Waals surface area contributed by atoms with E-state index in [0.717, 1.165) is 39.8 Å². The Morgan fingerprint density at radius 3 is 2.19 bits per heavy atom. The first-order chi connectivity index (χ1) is 15.1. The zero-order valence-corrected chi connectivity index (χ0v) is 19.0. The lowest BCUT2D eigenvalue weighted by Crippen LogP contribution is -2.18. The third-order valence-corrected chi connectivity index (χ3v) is 6.04. The predicted octanol–water partition coefficient (Wildman–Crippen LogP) is 5.17. The Labute approximate surface area is 185 Å². The largest absolute Gasteiger partial charge is 0.497 e. The number of hydrogen-bond donors (Lipinski definition) is 0. The van der Waals surface area contributed by atoms with E-state index in [1.807, 2.05) is 53.7 Å². The maximum atomic E-state index is 5.54. The lowest BCUT2D eigenvalue weighted by molar-refractivity contribution is 0.323. The summed E-state index contributed by atoms with van der Waals surface area (Å²) in [6, 6.07) is 11.8. The van der Waals surface area contributed by atoms with E-state index in [4.69, 9.17) is 29.0 Å². The highest BCUT2D eigenvalue weighted by molar-refractivity contribution is 7.14. The van der Waals surface area contributed by atoms with Gasteiger partial charge in [0.15, 0.2) is 11.5 Å². The van der Waals surface area contributed by atoms with Crippen LogP contribution in [0, 0.1) is 0 Å². The van der Waals surface area contributed by atoms with Crippen molar-refractivity contribution in [3.05, 3.63) is 47.3 Å². The van der Waals surface area contributed by atoms with Gasteiger partial charge in [-0.3, -0.25) is 0 Å². The average molecular weight is 440 g/mol. The monoisotopic (exact) mass is 439 g/mol. The van der Waals surface area contributed by atoms with E-state index in [9.17, 15) is 0 Å². The molecule has 1 atom stereocenters. The van der Waals surface area contributed by atoms with Gasteiger partial charge in [-0.15, -0.1) is 11.3 Å². The Kier molecular flexibility index (Phi) is 5.99. The van der Waals surface area contributed by atoms with Crippen LogP contribution in [0.1, 0.15) is 24.9 Å². The van der Waals surface area contributed by atoms with Crippen molar-refractivity contribution >= 4 is 22.2 Å². The summed E-state index contributed by atoms with van der Waals surface area (Å²) in [6.07, 6.45) is 0.788. The summed E-state index contributed by atoms with van der Waals surface area (Å²) >= 11 is 1.57. The molecule has 7 nitrogen and oxygen atoms in total. The van der Waals surface area contributed by atoms with Crippen LogP contribution in [0.3, 0.4) is 0 Å². The molecule has 0 saturated heterocycles. The van der Waals surface area contributed by atoms with Crippen LogP contribution in [0.2, 0.25) is 0 Å². The normalized spacial score (nSPS) is 15.6. The van der Waals surface area contributed by atoms with Gasteiger partial charge in [0, 0.05) is 23.1 Å². The number of ether oxygens (including phenoxy) is 4. The van der Waals surface area contributed by atoms with Gasteiger partial charge >= 0.3 is 0 Å². The van der Waals surface area contributed by atoms with Crippen LogP contribution in [0.15, 0.2) is 46.9 Å². The third-order valence-electron chi connectivity index (χ3n) is 5.21. The second kappa shape index (κ2) is 8.85. The van der Waals surface area contributed by atoms with E-state index in [1.165, 1.54) is 0 Å². The number of benzene rings is 2. The van der Waals surface area contributed by atoms with Crippen LogP contribution in [0.4, 0.5) is 5.13 Å². The lowest BCUT2D eigenvalue weighted by Gasteiger charge is -2.23. The Morgan fingerprint density at radius 1 is 0.935 bits per heavy atom. The number of hydrogen-bond acceptors (Lipinski definition) is 8. The molecule has 0 aliphatic carbocycles. The molecular formula is C23H25N3O4S. The molecular weight excluding hydrogens is 414 g/mol. The molecule has 0 amide bonds. The Balaban J connectivity index is 1.68. The van der Waals surface area contributed by atoms with Gasteiger partial charge in [0.1, 0.15) is 5.75 Å². The van der Waals surface area contributed by atoms with Gasteiger partial charge in [-0.1, -0.05) is 0 Å². The molecule has 0 unspecified atom stereocenters. The van der Waals surface area contributed by atoms with Crippen molar-refractivity contribution in [2.45, 2.75) is 19.4 Å². The van der Waals surface area contributed by atoms with Crippen LogP contribution >= 0.6 is 11.3 Å². The fourth-order valence-corrected chi connectivity index (χ4v) is 4.49. The Bertz CT molecular complexity index is 1070. The van der Waals surface area contributed by atoms with Gasteiger partial charge < -0.3 is 18.9 Å². The maximum Gasteiger partial charge on any atom is 0.207 e. The van der Waals surface area contributed by atoms with Crippen molar-refractivity contribution in [2.24, 2.45) is 5.10 Å². The van der Waals surface area contributed by atoms with Gasteiger partial charge in [0.25, 0.3) is 0 Å². The molecule has 2 aromatic carbocycles. The van der Waals surface area contributed by atoms with Crippen molar-refractivity contribution in [2.75, 3.05) is 33.4 Å². The fraction of sp³-hybridized carbons (Fsp3) is 0.304. The van der Waals surface area contributed by atoms with Gasteiger partial charge in [0.2, 0.25) is 10.9 Å². The second-order valence-electron chi connectivity index (χ2n) is 7.10. The first kappa shape index (κ1) is 21.0. The molecule has 31 heavy (non-hydrogen) atoms. The molecule has 4 rings (SSSR count). The van der Waals surface area contributed by atoms with E-state index in [1.54, 1.807) is 39.8 Å². The maximum absolute atomic E-state index is 5.54. The van der Waals surface area contributed by atoms with E-state index >= 15 is 0 Å². The molecule has 1 aliphatic heterocycles. The summed E-state index contributed by atoms with van der Waals surface area (Å²) in [6.45, 7) is 2.03. The SMILES string of the molecule is COc1ccc(-c2csc(N3N=C(C)C[C@@H]3c3cc(OC)c(OC)c(OC)c3)n2)cc1. The van der Waals surface area contributed by atoms with Crippen LogP contribution in [-0.4, -0.2) is 39.1 Å². The molecule has 162 valence electrons. The van der Waals surface area contributed by atoms with Gasteiger partial charge in [-0.25, -0.2) is 9.99 Å². The topological polar surface area (TPSA) is 65.4 Å². The Morgan fingerprint density at radius 2 is 1.61 bits per heavy atom. The number of rotatable bonds is 7. The number of aromatic nitrogens is 1. The molecule has 0 saturated carbocycles. The van der Waals surface area contributed by atoms with Crippen LogP contribution in [0.25, 0.3) is 11.3 Å². The number of hydrazone groups is 1. The van der Waals surface area contributed by atoms with Gasteiger partial charge in [-0.2, -0.15) is 5.10 Å². The summed E-state index contributed by atoms with van der Waals surface area (Å²) in [5.74, 6) is 2.65. The quantitative estimate of drug-likeness (QED) is 0.506. The molecule has 0 spiro atoms. The summed E-state index contributed by atoms with van der Waals surface area (Å²) in [5.41, 5.74) is 4.01. The van der Waals surface area contributed by atoms with Gasteiger partial charge in [0.05, 0.1) is 40.2 Å². The highest BCUT2D eigenvalue weighted by Gasteiger charge is 2.31. The second-order valence-corrected chi connectivity index (χ2v) is 7.94. The minimum atomic E-state index is -0.0106. The summed E-state index contributed by atoms with van der Waals surface area (Å²) in [7, 11) is 6.51. The first-order valence-corrected chi connectivity index (χ1v) is 10.7. The van der Waals surface area contributed by atoms with Crippen molar-refractivity contribution in [1.29, 1.82) is 0 Å². The Hall–Kier alpha value is -3.26. The number of nitrogens with zero attached hydrogens (tertiary/aromatic N) is 3. The molecule has 1 aromatic heterocycles. The fourth-order valence-electron chi connectivity index (χ4n) is 3.65. The zero-order valence-electron chi connectivity index (χ0n) is 18.2. The van der Waals surface area contributed by atoms with Crippen molar-refractivity contribution in [3.8, 4) is 34.3 Å². The molecule has 0 fully saturated rings. The molecule has 8 heteroatoms. The summed E-state index contributed by atoms with van der Waals surface area (Å²) in [5, 5.41) is 9.63. The van der Waals surface area contributed by atoms with Crippen LogP contribution < -0.4 is 24.0 Å². The van der Waals surface area contributed by atoms with Crippen molar-refractivity contribution in [1.82, 2.24) is 4.98 Å². The standard InChI is InChI=1S/C23H25N3O4S/c1-14-10-19(16-11-20(28-3)22(30-5)21(12-16)29-4)26(25-14)23-24-18(13-31-23)15-6-8-17(27-2)9-7-15/h6-9,11-13,19H,10H2,1-5H3/t19-/m1/s1. The van der Waals surface area contributed by atoms with E-state index < -0.39 is 0 Å². The highest BCUT2D eigenvalue weighted by Crippen LogP contribution is 2.44. The smallest absolute Gasteiger partial charge is 0.207 e. The molecule has 0 bridgehead atoms. The van der Waals surface area contributed by atoms with E-state index in [2.05, 4.69) is 0 Å². The average Bonchev–Trinajstić information content (AvgIpc) is 3.45. The lowest BCUT2D eigenvalue weighted by atomic mass is 10.0. The number of anilines is 1. The molecule has 3 aromatic rings. The summed E-state index contributed by atoms with van der Waals surface area (Å²) < 4.78 is 21.8. The van der Waals surface area contributed by atoms with Crippen molar-refractivity contribution < 1.29 is 18.9 Å². The number of methoxy groups -OCH3 is 4. The van der Waals surface area contributed by atoms with Crippen molar-refractivity contribution in [3.63, 3.8) is 0 Å². The molecule has 2 heterocycles. The number of thiazole rings is 1. The molecule has 0 radical (unpaired) electrons. The highest BCUT2D eigenvalue weighted by atomic mass is 32.1. The summed E-state index contributed by atoms with van der Waals surface area (Å²) in [4.78, 5) is 4.86. The van der Waals surface area contributed by atoms with E-state index in [0.29, 0.717) is 17.2 Å². The zero-order chi connectivity index (χ0) is 22.0. The predicted molar refractivity (Wildman–Crippen MR) is 123 cm³/mol. The van der Waals surface area contributed by atoms with Crippen LogP contribution in [-0.2, 0) is 0 Å². The minimum Gasteiger partial charge on any atom is -0.497 e. The van der Waals surface area contributed by atoms with E-state index in [-0.39, 0.29) is 6.04 Å². The van der Waals surface area contributed by atoms with Crippen LogP contribution in [0.5, 0.6) is 23.0 Å². The molecule has 0 N–H and O–H groups in total. The molecule has 1 aliphatic rings. The van der Waals surface area contributed by atoms with Gasteiger partial charge in [-0.05, 0) is 48.9 Å². The first-order valence-electron chi connectivity index (χ1n) is 9.81. The third kappa shape index (κ3) is 4.03.